The normalized spacial score (nSPS) is 12.0. The van der Waals surface area contributed by atoms with Crippen LogP contribution in [0.25, 0.3) is 0 Å². The molecule has 0 aliphatic carbocycles. The molecule has 0 saturated heterocycles. The fraction of sp³-hybridized carbons (Fsp3) is 0.250. The van der Waals surface area contributed by atoms with Gasteiger partial charge in [-0.3, -0.25) is 0 Å². The smallest absolute Gasteiger partial charge is 0.109 e. The van der Waals surface area contributed by atoms with Crippen LogP contribution in [0.3, 0.4) is 0 Å². The summed E-state index contributed by atoms with van der Waals surface area (Å²) in [5.74, 6) is 0. The van der Waals surface area contributed by atoms with E-state index in [1.807, 2.05) is 0 Å². The zero-order valence-electron chi connectivity index (χ0n) is 6.64. The molecule has 0 radical (unpaired) electrons. The summed E-state index contributed by atoms with van der Waals surface area (Å²) in [5, 5.41) is 0.503. The zero-order chi connectivity index (χ0) is 9.14. The number of hydrogen-bond acceptors (Lipinski definition) is 1. The molecule has 0 heterocycles. The van der Waals surface area contributed by atoms with Crippen LogP contribution in [0.15, 0.2) is 22.7 Å². The Bertz CT molecular complexity index is 283. The van der Waals surface area contributed by atoms with Gasteiger partial charge in [0.25, 0.3) is 0 Å². The van der Waals surface area contributed by atoms with E-state index in [1.54, 1.807) is 18.2 Å². The Morgan fingerprint density at radius 2 is 2.15 bits per heavy atom. The third kappa shape index (κ3) is 3.43. The van der Waals surface area contributed by atoms with Gasteiger partial charge in [0.2, 0.25) is 0 Å². The minimum atomic E-state index is -0.630. The topological polar surface area (TPSA) is 26.0 Å². The highest BCUT2D eigenvalue weighted by Crippen LogP contribution is 2.25. The predicted molar refractivity (Wildman–Crippen MR) is 59.3 cm³/mol. The maximum atomic E-state index is 12.2. The molecule has 1 rings (SSSR count). The summed E-state index contributed by atoms with van der Waals surface area (Å²) in [6, 6.07) is 4.58. The molecule has 1 atom stereocenters. The van der Waals surface area contributed by atoms with Gasteiger partial charge in [0.15, 0.2) is 0 Å². The molecule has 0 aliphatic rings. The first-order valence-corrected chi connectivity index (χ1v) is 4.58. The highest BCUT2D eigenvalue weighted by molar-refractivity contribution is 9.10. The molecule has 0 bridgehead atoms. The molecule has 74 valence electrons. The molecule has 13 heavy (non-hydrogen) atoms. The third-order valence-corrected chi connectivity index (χ3v) is 2.36. The van der Waals surface area contributed by atoms with Crippen LogP contribution in [0.4, 0.5) is 4.39 Å². The van der Waals surface area contributed by atoms with Gasteiger partial charge in [0.1, 0.15) is 6.67 Å². The molecule has 1 nitrogen and oxygen atoms in total. The van der Waals surface area contributed by atoms with Crippen molar-refractivity contribution in [2.75, 3.05) is 6.67 Å². The van der Waals surface area contributed by atoms with Gasteiger partial charge in [-0.2, -0.15) is 0 Å². The van der Waals surface area contributed by atoms with Crippen molar-refractivity contribution in [2.45, 2.75) is 6.04 Å². The summed E-state index contributed by atoms with van der Waals surface area (Å²) in [4.78, 5) is 0. The average molecular weight is 289 g/mol. The van der Waals surface area contributed by atoms with Crippen molar-refractivity contribution in [3.63, 3.8) is 0 Å². The van der Waals surface area contributed by atoms with Crippen molar-refractivity contribution >= 4 is 39.9 Å². The Morgan fingerprint density at radius 3 is 2.69 bits per heavy atom. The van der Waals surface area contributed by atoms with Gasteiger partial charge in [-0.1, -0.05) is 27.5 Å². The van der Waals surface area contributed by atoms with Crippen molar-refractivity contribution in [3.05, 3.63) is 33.3 Å². The Kier molecular flexibility index (Phi) is 5.88. The first-order valence-electron chi connectivity index (χ1n) is 3.41. The van der Waals surface area contributed by atoms with Gasteiger partial charge >= 0.3 is 0 Å². The summed E-state index contributed by atoms with van der Waals surface area (Å²) in [6.07, 6.45) is 0. The first-order chi connectivity index (χ1) is 5.65. The van der Waals surface area contributed by atoms with Crippen molar-refractivity contribution in [3.8, 4) is 0 Å². The molecular weight excluding hydrogens is 280 g/mol. The van der Waals surface area contributed by atoms with Gasteiger partial charge in [-0.15, -0.1) is 12.4 Å². The van der Waals surface area contributed by atoms with E-state index in [-0.39, 0.29) is 12.4 Å². The van der Waals surface area contributed by atoms with Crippen LogP contribution in [-0.2, 0) is 0 Å². The number of alkyl halides is 1. The van der Waals surface area contributed by atoms with Crippen LogP contribution < -0.4 is 5.73 Å². The number of benzene rings is 1. The minimum absolute atomic E-state index is 0. The van der Waals surface area contributed by atoms with Crippen LogP contribution in [-0.4, -0.2) is 6.67 Å². The fourth-order valence-corrected chi connectivity index (χ4v) is 1.52. The van der Waals surface area contributed by atoms with E-state index in [0.717, 1.165) is 4.47 Å². The first kappa shape index (κ1) is 13.2. The number of hydrogen-bond donors (Lipinski definition) is 1. The van der Waals surface area contributed by atoms with E-state index in [4.69, 9.17) is 17.3 Å². The van der Waals surface area contributed by atoms with E-state index in [1.165, 1.54) is 0 Å². The lowest BCUT2D eigenvalue weighted by Crippen LogP contribution is -2.12. The second kappa shape index (κ2) is 5.81. The fourth-order valence-electron chi connectivity index (χ4n) is 0.882. The van der Waals surface area contributed by atoms with Crippen LogP contribution in [0.5, 0.6) is 0 Å². The molecule has 0 saturated carbocycles. The second-order valence-corrected chi connectivity index (χ2v) is 3.75. The second-order valence-electron chi connectivity index (χ2n) is 2.43. The third-order valence-electron chi connectivity index (χ3n) is 1.52. The van der Waals surface area contributed by atoms with Gasteiger partial charge < -0.3 is 5.73 Å². The largest absolute Gasteiger partial charge is 0.322 e. The number of halogens is 4. The lowest BCUT2D eigenvalue weighted by atomic mass is 10.1. The summed E-state index contributed by atoms with van der Waals surface area (Å²) in [7, 11) is 0. The molecule has 0 fully saturated rings. The molecule has 0 aliphatic heterocycles. The van der Waals surface area contributed by atoms with Crippen LogP contribution in [0, 0.1) is 0 Å². The van der Waals surface area contributed by atoms with Gasteiger partial charge in [0, 0.05) is 9.50 Å². The average Bonchev–Trinajstić information content (AvgIpc) is 2.08. The van der Waals surface area contributed by atoms with Crippen molar-refractivity contribution in [2.24, 2.45) is 5.73 Å². The van der Waals surface area contributed by atoms with Gasteiger partial charge in [-0.05, 0) is 23.8 Å². The Hall–Kier alpha value is 0.170. The lowest BCUT2D eigenvalue weighted by Gasteiger charge is -2.09. The predicted octanol–water partition coefficient (Wildman–Crippen LogP) is 3.49. The van der Waals surface area contributed by atoms with Crippen LogP contribution >= 0.6 is 39.9 Å². The number of rotatable bonds is 2. The molecule has 1 aromatic carbocycles. The van der Waals surface area contributed by atoms with E-state index >= 15 is 0 Å². The SMILES string of the molecule is Cl.N[C@@H](CF)c1cc(Br)ccc1Cl. The van der Waals surface area contributed by atoms with E-state index < -0.39 is 12.7 Å². The standard InChI is InChI=1S/C8H8BrClFN.ClH/c9-5-1-2-7(10)6(3-5)8(12)4-11;/h1-3,8H,4,12H2;1H/t8-;/m0./s1. The highest BCUT2D eigenvalue weighted by atomic mass is 79.9. The van der Waals surface area contributed by atoms with E-state index in [2.05, 4.69) is 15.9 Å². The van der Waals surface area contributed by atoms with Crippen LogP contribution in [0.1, 0.15) is 11.6 Å². The molecule has 0 amide bonds. The van der Waals surface area contributed by atoms with Crippen molar-refractivity contribution in [1.82, 2.24) is 0 Å². The van der Waals surface area contributed by atoms with Crippen LogP contribution in [0.2, 0.25) is 5.02 Å². The minimum Gasteiger partial charge on any atom is -0.322 e. The monoisotopic (exact) mass is 287 g/mol. The van der Waals surface area contributed by atoms with Gasteiger partial charge in [-0.25, -0.2) is 4.39 Å². The summed E-state index contributed by atoms with van der Waals surface area (Å²) >= 11 is 9.06. The molecule has 0 spiro atoms. The van der Waals surface area contributed by atoms with Crippen molar-refractivity contribution < 1.29 is 4.39 Å². The molecule has 0 aromatic heterocycles. The van der Waals surface area contributed by atoms with Gasteiger partial charge in [0.05, 0.1) is 6.04 Å². The Labute approximate surface area is 96.0 Å². The molecule has 1 aromatic rings. The molecule has 5 heteroatoms. The molecular formula is C8H9BrCl2FN. The maximum absolute atomic E-state index is 12.2. The summed E-state index contributed by atoms with van der Waals surface area (Å²) < 4.78 is 13.0. The Morgan fingerprint density at radius 1 is 1.54 bits per heavy atom. The summed E-state index contributed by atoms with van der Waals surface area (Å²) in [5.41, 5.74) is 6.12. The van der Waals surface area contributed by atoms with E-state index in [9.17, 15) is 4.39 Å². The van der Waals surface area contributed by atoms with Crippen molar-refractivity contribution in [1.29, 1.82) is 0 Å². The highest BCUT2D eigenvalue weighted by Gasteiger charge is 2.09. The lowest BCUT2D eigenvalue weighted by molar-refractivity contribution is 0.437. The Balaban J connectivity index is 0.00000144. The molecule has 0 unspecified atom stereocenters. The quantitative estimate of drug-likeness (QED) is 0.886. The van der Waals surface area contributed by atoms with E-state index in [0.29, 0.717) is 10.6 Å². The summed E-state index contributed by atoms with van der Waals surface area (Å²) in [6.45, 7) is -0.601. The maximum Gasteiger partial charge on any atom is 0.109 e. The number of nitrogens with two attached hydrogens (primary N) is 1. The molecule has 2 N–H and O–H groups in total. The zero-order valence-corrected chi connectivity index (χ0v) is 9.79.